The second-order valence-electron chi connectivity index (χ2n) is 4.30. The number of rotatable bonds is 4. The van der Waals surface area contributed by atoms with Crippen LogP contribution in [-0.4, -0.2) is 16.1 Å². The molecule has 2 rings (SSSR count). The Kier molecular flexibility index (Phi) is 3.93. The lowest BCUT2D eigenvalue weighted by Gasteiger charge is -2.27. The maximum Gasteiger partial charge on any atom is 0.306 e. The van der Waals surface area contributed by atoms with E-state index in [-0.39, 0.29) is 11.1 Å². The highest BCUT2D eigenvalue weighted by Crippen LogP contribution is 2.41. The van der Waals surface area contributed by atoms with Crippen molar-refractivity contribution in [2.24, 2.45) is 0 Å². The molecule has 100 valence electrons. The summed E-state index contributed by atoms with van der Waals surface area (Å²) in [5.41, 5.74) is 0.143. The first-order chi connectivity index (χ1) is 9.03. The summed E-state index contributed by atoms with van der Waals surface area (Å²) in [6.45, 7) is 0. The van der Waals surface area contributed by atoms with Crippen LogP contribution < -0.4 is 0 Å². The predicted molar refractivity (Wildman–Crippen MR) is 67.8 cm³/mol. The Labute approximate surface area is 110 Å². The number of aliphatic hydroxyl groups is 2. The van der Waals surface area contributed by atoms with Crippen molar-refractivity contribution >= 4 is 0 Å². The van der Waals surface area contributed by atoms with Crippen LogP contribution in [0.25, 0.3) is 0 Å². The summed E-state index contributed by atoms with van der Waals surface area (Å²) in [6, 6.07) is 15.2. The van der Waals surface area contributed by atoms with E-state index in [9.17, 15) is 19.0 Å². The van der Waals surface area contributed by atoms with Crippen LogP contribution in [0.2, 0.25) is 0 Å². The Morgan fingerprint density at radius 3 is 1.32 bits per heavy atom. The summed E-state index contributed by atoms with van der Waals surface area (Å²) in [4.78, 5) is 0. The van der Waals surface area contributed by atoms with Gasteiger partial charge in [0.05, 0.1) is 0 Å². The Bertz CT molecular complexity index is 467. The van der Waals surface area contributed by atoms with Crippen molar-refractivity contribution in [3.8, 4) is 0 Å². The predicted octanol–water partition coefficient (Wildman–Crippen LogP) is 3.09. The van der Waals surface area contributed by atoms with Crippen molar-refractivity contribution in [3.05, 3.63) is 71.8 Å². The van der Waals surface area contributed by atoms with Gasteiger partial charge in [-0.25, -0.2) is 8.78 Å². The standard InChI is InChI=1S/C15H14F2O2/c16-15(17,13(18)11-7-3-1-4-8-11)14(19)12-9-5-2-6-10-12/h1-10,13-14,18-19H/t13-,14-/m1/s1. The lowest BCUT2D eigenvalue weighted by atomic mass is 9.95. The van der Waals surface area contributed by atoms with Crippen molar-refractivity contribution in [3.63, 3.8) is 0 Å². The number of hydrogen-bond donors (Lipinski definition) is 2. The molecule has 0 fully saturated rings. The minimum Gasteiger partial charge on any atom is -0.382 e. The minimum absolute atomic E-state index is 0.0717. The molecular weight excluding hydrogens is 250 g/mol. The van der Waals surface area contributed by atoms with Crippen molar-refractivity contribution in [2.45, 2.75) is 18.1 Å². The molecule has 0 unspecified atom stereocenters. The molecule has 0 spiro atoms. The molecule has 19 heavy (non-hydrogen) atoms. The molecular formula is C15H14F2O2. The van der Waals surface area contributed by atoms with Crippen LogP contribution in [0.3, 0.4) is 0 Å². The van der Waals surface area contributed by atoms with Crippen molar-refractivity contribution < 1.29 is 19.0 Å². The third kappa shape index (κ3) is 2.80. The molecule has 2 aromatic rings. The Morgan fingerprint density at radius 2 is 1.00 bits per heavy atom. The smallest absolute Gasteiger partial charge is 0.306 e. The van der Waals surface area contributed by atoms with Crippen LogP contribution in [0.4, 0.5) is 8.78 Å². The van der Waals surface area contributed by atoms with Crippen LogP contribution >= 0.6 is 0 Å². The van der Waals surface area contributed by atoms with Crippen molar-refractivity contribution in [1.29, 1.82) is 0 Å². The number of halogens is 2. The highest BCUT2D eigenvalue weighted by atomic mass is 19.3. The zero-order chi connectivity index (χ0) is 13.9. The van der Waals surface area contributed by atoms with Crippen LogP contribution in [0.5, 0.6) is 0 Å². The Morgan fingerprint density at radius 1 is 0.684 bits per heavy atom. The fourth-order valence-electron chi connectivity index (χ4n) is 1.86. The second-order valence-corrected chi connectivity index (χ2v) is 4.30. The SMILES string of the molecule is O[C@H](c1ccccc1)C(F)(F)[C@H](O)c1ccccc1. The average Bonchev–Trinajstić information content (AvgIpc) is 2.47. The summed E-state index contributed by atoms with van der Waals surface area (Å²) >= 11 is 0. The van der Waals surface area contributed by atoms with Gasteiger partial charge in [-0.1, -0.05) is 60.7 Å². The highest BCUT2D eigenvalue weighted by molar-refractivity contribution is 5.24. The first-order valence-corrected chi connectivity index (χ1v) is 5.87. The third-order valence-corrected chi connectivity index (χ3v) is 2.96. The molecule has 0 radical (unpaired) electrons. The molecule has 2 atom stereocenters. The Hall–Kier alpha value is -1.78. The number of hydrogen-bond acceptors (Lipinski definition) is 2. The molecule has 0 bridgehead atoms. The van der Waals surface area contributed by atoms with Gasteiger partial charge in [-0.15, -0.1) is 0 Å². The molecule has 0 aliphatic carbocycles. The monoisotopic (exact) mass is 264 g/mol. The fourth-order valence-corrected chi connectivity index (χ4v) is 1.86. The molecule has 0 saturated heterocycles. The number of aliphatic hydroxyl groups excluding tert-OH is 2. The molecule has 0 aliphatic heterocycles. The van der Waals surface area contributed by atoms with Gasteiger partial charge in [0.25, 0.3) is 0 Å². The van der Waals surface area contributed by atoms with Crippen molar-refractivity contribution in [2.75, 3.05) is 0 Å². The quantitative estimate of drug-likeness (QED) is 0.890. The highest BCUT2D eigenvalue weighted by Gasteiger charge is 2.47. The van der Waals surface area contributed by atoms with E-state index in [2.05, 4.69) is 0 Å². The summed E-state index contributed by atoms with van der Waals surface area (Å²) < 4.78 is 28.2. The van der Waals surface area contributed by atoms with Gasteiger partial charge in [-0.3, -0.25) is 0 Å². The Balaban J connectivity index is 2.27. The first-order valence-electron chi connectivity index (χ1n) is 5.87. The van der Waals surface area contributed by atoms with E-state index in [4.69, 9.17) is 0 Å². The van der Waals surface area contributed by atoms with E-state index in [1.165, 1.54) is 24.3 Å². The van der Waals surface area contributed by atoms with Gasteiger partial charge < -0.3 is 10.2 Å². The summed E-state index contributed by atoms with van der Waals surface area (Å²) in [5.74, 6) is -3.66. The average molecular weight is 264 g/mol. The third-order valence-electron chi connectivity index (χ3n) is 2.96. The van der Waals surface area contributed by atoms with Gasteiger partial charge in [0, 0.05) is 0 Å². The van der Waals surface area contributed by atoms with Gasteiger partial charge in [0.1, 0.15) is 12.2 Å². The van der Waals surface area contributed by atoms with E-state index in [1.807, 2.05) is 0 Å². The maximum absolute atomic E-state index is 14.1. The summed E-state index contributed by atoms with van der Waals surface area (Å²) in [5, 5.41) is 19.5. The first kappa shape index (κ1) is 13.6. The van der Waals surface area contributed by atoms with Crippen LogP contribution in [-0.2, 0) is 0 Å². The van der Waals surface area contributed by atoms with Crippen LogP contribution in [0.1, 0.15) is 23.3 Å². The minimum atomic E-state index is -3.66. The van der Waals surface area contributed by atoms with Crippen LogP contribution in [0, 0.1) is 0 Å². The van der Waals surface area contributed by atoms with Gasteiger partial charge in [-0.05, 0) is 11.1 Å². The number of alkyl halides is 2. The lowest BCUT2D eigenvalue weighted by Crippen LogP contribution is -2.33. The molecule has 0 saturated carbocycles. The second kappa shape index (κ2) is 5.47. The van der Waals surface area contributed by atoms with Crippen LogP contribution in [0.15, 0.2) is 60.7 Å². The van der Waals surface area contributed by atoms with E-state index in [0.717, 1.165) is 0 Å². The van der Waals surface area contributed by atoms with Gasteiger partial charge in [0.15, 0.2) is 0 Å². The lowest BCUT2D eigenvalue weighted by molar-refractivity contribution is -0.181. The summed E-state index contributed by atoms with van der Waals surface area (Å²) in [7, 11) is 0. The molecule has 0 aromatic heterocycles. The van der Waals surface area contributed by atoms with E-state index < -0.39 is 18.1 Å². The van der Waals surface area contributed by atoms with E-state index in [0.29, 0.717) is 0 Å². The molecule has 2 N–H and O–H groups in total. The molecule has 2 aromatic carbocycles. The van der Waals surface area contributed by atoms with Crippen molar-refractivity contribution in [1.82, 2.24) is 0 Å². The van der Waals surface area contributed by atoms with Gasteiger partial charge in [0.2, 0.25) is 0 Å². The summed E-state index contributed by atoms with van der Waals surface area (Å²) in [6.07, 6.45) is -4.10. The normalized spacial score (nSPS) is 14.9. The van der Waals surface area contributed by atoms with E-state index >= 15 is 0 Å². The zero-order valence-corrected chi connectivity index (χ0v) is 10.1. The molecule has 0 aliphatic rings. The largest absolute Gasteiger partial charge is 0.382 e. The molecule has 4 heteroatoms. The van der Waals surface area contributed by atoms with Gasteiger partial charge in [-0.2, -0.15) is 0 Å². The van der Waals surface area contributed by atoms with Gasteiger partial charge >= 0.3 is 5.92 Å². The molecule has 2 nitrogen and oxygen atoms in total. The fraction of sp³-hybridized carbons (Fsp3) is 0.200. The number of benzene rings is 2. The van der Waals surface area contributed by atoms with E-state index in [1.54, 1.807) is 36.4 Å². The molecule has 0 amide bonds. The molecule has 0 heterocycles. The maximum atomic E-state index is 14.1. The topological polar surface area (TPSA) is 40.5 Å². The zero-order valence-electron chi connectivity index (χ0n) is 10.1.